The Labute approximate surface area is 147 Å². The summed E-state index contributed by atoms with van der Waals surface area (Å²) < 4.78 is 40.4. The van der Waals surface area contributed by atoms with Crippen molar-refractivity contribution in [3.8, 4) is 5.75 Å². The quantitative estimate of drug-likeness (QED) is 0.860. The summed E-state index contributed by atoms with van der Waals surface area (Å²) in [5.74, 6) is 0.805. The Bertz CT molecular complexity index is 711. The summed E-state index contributed by atoms with van der Waals surface area (Å²) in [5.41, 5.74) is 0.875. The first-order valence-electron chi connectivity index (χ1n) is 7.71. The van der Waals surface area contributed by atoms with Gasteiger partial charge in [-0.25, -0.2) is 4.98 Å². The molecule has 1 aliphatic heterocycles. The van der Waals surface area contributed by atoms with Crippen LogP contribution in [0.2, 0.25) is 5.15 Å². The van der Waals surface area contributed by atoms with Crippen LogP contribution in [0.15, 0.2) is 36.7 Å². The zero-order valence-electron chi connectivity index (χ0n) is 13.1. The van der Waals surface area contributed by atoms with E-state index in [-0.39, 0.29) is 5.75 Å². The molecule has 1 aromatic carbocycles. The lowest BCUT2D eigenvalue weighted by Crippen LogP contribution is -2.22. The largest absolute Gasteiger partial charge is 0.573 e. The number of anilines is 2. The van der Waals surface area contributed by atoms with E-state index in [4.69, 9.17) is 11.6 Å². The molecule has 0 spiro atoms. The number of benzene rings is 1. The zero-order valence-corrected chi connectivity index (χ0v) is 13.9. The molecule has 2 heterocycles. The van der Waals surface area contributed by atoms with Gasteiger partial charge in [0.1, 0.15) is 16.7 Å². The van der Waals surface area contributed by atoms with Gasteiger partial charge in [-0.05, 0) is 36.6 Å². The summed E-state index contributed by atoms with van der Waals surface area (Å²) in [7, 11) is 0. The van der Waals surface area contributed by atoms with Crippen molar-refractivity contribution in [2.45, 2.75) is 12.8 Å². The lowest BCUT2D eigenvalue weighted by Gasteiger charge is -2.19. The molecular weight excluding hydrogens is 357 g/mol. The second kappa shape index (κ2) is 7.35. The van der Waals surface area contributed by atoms with Crippen molar-refractivity contribution in [1.29, 1.82) is 0 Å². The minimum Gasteiger partial charge on any atom is -0.406 e. The van der Waals surface area contributed by atoms with Crippen molar-refractivity contribution in [3.63, 3.8) is 0 Å². The molecule has 1 aliphatic rings. The fourth-order valence-electron chi connectivity index (χ4n) is 2.77. The predicted molar refractivity (Wildman–Crippen MR) is 89.0 cm³/mol. The number of nitrogens with one attached hydrogen (secondary N) is 1. The van der Waals surface area contributed by atoms with Crippen molar-refractivity contribution in [2.75, 3.05) is 29.9 Å². The standard InChI is InChI=1S/C16H16ClF3N4O/c17-14-8-21-9-15(23-14)22-7-11-5-6-24(10-11)12-1-3-13(4-2-12)25-16(18,19)20/h1-4,8-9,11H,5-7,10H2,(H,22,23)/t11-/m0/s1. The smallest absolute Gasteiger partial charge is 0.406 e. The third kappa shape index (κ3) is 5.12. The van der Waals surface area contributed by atoms with E-state index in [2.05, 4.69) is 24.9 Å². The maximum absolute atomic E-state index is 12.2. The Morgan fingerprint density at radius 2 is 2.00 bits per heavy atom. The number of alkyl halides is 3. The normalized spacial score (nSPS) is 17.6. The summed E-state index contributed by atoms with van der Waals surface area (Å²) in [4.78, 5) is 10.2. The van der Waals surface area contributed by atoms with Crippen molar-refractivity contribution in [3.05, 3.63) is 41.8 Å². The number of hydrogen-bond acceptors (Lipinski definition) is 5. The molecule has 1 saturated heterocycles. The van der Waals surface area contributed by atoms with Crippen LogP contribution in [-0.4, -0.2) is 36.0 Å². The summed E-state index contributed by atoms with van der Waals surface area (Å²) in [5, 5.41) is 3.54. The molecule has 0 aliphatic carbocycles. The van der Waals surface area contributed by atoms with Crippen LogP contribution >= 0.6 is 11.6 Å². The first kappa shape index (κ1) is 17.6. The molecular formula is C16H16ClF3N4O. The number of rotatable bonds is 5. The average molecular weight is 373 g/mol. The number of nitrogens with zero attached hydrogens (tertiary/aromatic N) is 3. The molecule has 3 rings (SSSR count). The number of aromatic nitrogens is 2. The third-order valence-corrected chi connectivity index (χ3v) is 4.08. The van der Waals surface area contributed by atoms with E-state index in [1.807, 2.05) is 0 Å². The topological polar surface area (TPSA) is 50.3 Å². The highest BCUT2D eigenvalue weighted by atomic mass is 35.5. The first-order chi connectivity index (χ1) is 11.9. The van der Waals surface area contributed by atoms with Crippen LogP contribution in [0.25, 0.3) is 0 Å². The van der Waals surface area contributed by atoms with Crippen molar-refractivity contribution in [2.24, 2.45) is 5.92 Å². The van der Waals surface area contributed by atoms with Gasteiger partial charge in [0.25, 0.3) is 0 Å². The molecule has 1 aromatic heterocycles. The fraction of sp³-hybridized carbons (Fsp3) is 0.375. The molecule has 0 radical (unpaired) electrons. The summed E-state index contributed by atoms with van der Waals surface area (Å²) in [6.45, 7) is 2.37. The van der Waals surface area contributed by atoms with Crippen LogP contribution in [0.1, 0.15) is 6.42 Å². The van der Waals surface area contributed by atoms with Crippen LogP contribution in [0.5, 0.6) is 5.75 Å². The molecule has 0 amide bonds. The lowest BCUT2D eigenvalue weighted by atomic mass is 10.1. The van der Waals surface area contributed by atoms with Crippen LogP contribution in [0.4, 0.5) is 24.7 Å². The van der Waals surface area contributed by atoms with Crippen molar-refractivity contribution >= 4 is 23.1 Å². The second-order valence-corrected chi connectivity index (χ2v) is 6.14. The Balaban J connectivity index is 1.52. The minimum atomic E-state index is -4.67. The molecule has 0 bridgehead atoms. The van der Waals surface area contributed by atoms with Crippen LogP contribution in [0, 0.1) is 5.92 Å². The number of hydrogen-bond donors (Lipinski definition) is 1. The molecule has 9 heteroatoms. The predicted octanol–water partition coefficient (Wildman–Crippen LogP) is 3.97. The molecule has 1 fully saturated rings. The molecule has 2 aromatic rings. The van der Waals surface area contributed by atoms with Gasteiger partial charge in [-0.3, -0.25) is 4.98 Å². The van der Waals surface area contributed by atoms with E-state index in [9.17, 15) is 13.2 Å². The van der Waals surface area contributed by atoms with Crippen molar-refractivity contribution < 1.29 is 17.9 Å². The van der Waals surface area contributed by atoms with E-state index < -0.39 is 6.36 Å². The number of halogens is 4. The number of ether oxygens (including phenoxy) is 1. The Kier molecular flexibility index (Phi) is 5.17. The Morgan fingerprint density at radius 3 is 2.68 bits per heavy atom. The average Bonchev–Trinajstić information content (AvgIpc) is 3.01. The summed E-state index contributed by atoms with van der Waals surface area (Å²) in [6, 6.07) is 5.94. The SMILES string of the molecule is FC(F)(F)Oc1ccc(N2CC[C@@H](CNc3cncc(Cl)n3)C2)cc1. The molecule has 5 nitrogen and oxygen atoms in total. The van der Waals surface area contributed by atoms with Gasteiger partial charge in [-0.1, -0.05) is 11.6 Å². The van der Waals surface area contributed by atoms with Gasteiger partial charge < -0.3 is 15.0 Å². The molecule has 25 heavy (non-hydrogen) atoms. The molecule has 0 unspecified atom stereocenters. The van der Waals surface area contributed by atoms with E-state index in [1.165, 1.54) is 18.3 Å². The van der Waals surface area contributed by atoms with E-state index in [1.54, 1.807) is 18.3 Å². The Hall–Kier alpha value is -2.22. The molecule has 0 saturated carbocycles. The van der Waals surface area contributed by atoms with Gasteiger partial charge in [0.2, 0.25) is 0 Å². The van der Waals surface area contributed by atoms with Gasteiger partial charge in [-0.2, -0.15) is 0 Å². The van der Waals surface area contributed by atoms with E-state index in [0.717, 1.165) is 31.7 Å². The highest BCUT2D eigenvalue weighted by Gasteiger charge is 2.31. The highest BCUT2D eigenvalue weighted by molar-refractivity contribution is 6.29. The molecule has 1 N–H and O–H groups in total. The van der Waals surface area contributed by atoms with Gasteiger partial charge in [-0.15, -0.1) is 13.2 Å². The van der Waals surface area contributed by atoms with Crippen LogP contribution in [-0.2, 0) is 0 Å². The summed E-state index contributed by atoms with van der Waals surface area (Å²) >= 11 is 5.79. The fourth-order valence-corrected chi connectivity index (χ4v) is 2.92. The van der Waals surface area contributed by atoms with Crippen LogP contribution in [0.3, 0.4) is 0 Å². The highest BCUT2D eigenvalue weighted by Crippen LogP contribution is 2.28. The maximum atomic E-state index is 12.2. The molecule has 134 valence electrons. The van der Waals surface area contributed by atoms with E-state index in [0.29, 0.717) is 16.9 Å². The maximum Gasteiger partial charge on any atom is 0.573 e. The van der Waals surface area contributed by atoms with E-state index >= 15 is 0 Å². The monoisotopic (exact) mass is 372 g/mol. The van der Waals surface area contributed by atoms with Gasteiger partial charge in [0, 0.05) is 25.3 Å². The first-order valence-corrected chi connectivity index (χ1v) is 8.09. The lowest BCUT2D eigenvalue weighted by molar-refractivity contribution is -0.274. The van der Waals surface area contributed by atoms with Gasteiger partial charge in [0.15, 0.2) is 0 Å². The molecule has 1 atom stereocenters. The second-order valence-electron chi connectivity index (χ2n) is 5.75. The van der Waals surface area contributed by atoms with Crippen LogP contribution < -0.4 is 15.0 Å². The van der Waals surface area contributed by atoms with Gasteiger partial charge in [0.05, 0.1) is 12.4 Å². The third-order valence-electron chi connectivity index (χ3n) is 3.90. The Morgan fingerprint density at radius 1 is 1.24 bits per heavy atom. The van der Waals surface area contributed by atoms with Gasteiger partial charge >= 0.3 is 6.36 Å². The minimum absolute atomic E-state index is 0.215. The zero-order chi connectivity index (χ0) is 17.9. The summed E-state index contributed by atoms with van der Waals surface area (Å²) in [6.07, 6.45) is -0.620. The van der Waals surface area contributed by atoms with Crippen molar-refractivity contribution in [1.82, 2.24) is 9.97 Å².